The molecular weight excluding hydrogens is 256 g/mol. The number of hydrogen-bond acceptors (Lipinski definition) is 6. The topological polar surface area (TPSA) is 102 Å². The fourth-order valence-corrected chi connectivity index (χ4v) is 1.57. The van der Waals surface area contributed by atoms with Crippen molar-refractivity contribution in [2.45, 2.75) is 13.3 Å². The molecule has 0 aliphatic carbocycles. The van der Waals surface area contributed by atoms with Crippen LogP contribution in [0, 0.1) is 0 Å². The predicted molar refractivity (Wildman–Crippen MR) is 61.2 cm³/mol. The minimum Gasteiger partial charge on any atom is -0.465 e. The van der Waals surface area contributed by atoms with Gasteiger partial charge < -0.3 is 14.8 Å². The first-order valence-electron chi connectivity index (χ1n) is 5.51. The average Bonchev–Trinajstić information content (AvgIpc) is 2.67. The maximum Gasteiger partial charge on any atom is 0.349 e. The molecule has 0 bridgehead atoms. The summed E-state index contributed by atoms with van der Waals surface area (Å²) in [6.07, 6.45) is 0.541. The number of esters is 2. The van der Waals surface area contributed by atoms with Crippen LogP contribution in [0.3, 0.4) is 0 Å². The minimum absolute atomic E-state index is 0.185. The maximum absolute atomic E-state index is 11.6. The summed E-state index contributed by atoms with van der Waals surface area (Å²) < 4.78 is 8.92. The van der Waals surface area contributed by atoms with Gasteiger partial charge in [0.25, 0.3) is 0 Å². The van der Waals surface area contributed by atoms with Gasteiger partial charge in [-0.15, -0.1) is 0 Å². The summed E-state index contributed by atoms with van der Waals surface area (Å²) in [4.78, 5) is 47.2. The number of nitrogens with one attached hydrogen (secondary N) is 1. The molecule has 0 atom stereocenters. The molecular formula is C11H14N2O6. The van der Waals surface area contributed by atoms with Crippen LogP contribution >= 0.6 is 0 Å². The first-order valence-corrected chi connectivity index (χ1v) is 5.51. The molecule has 0 unspecified atom stereocenters. The summed E-state index contributed by atoms with van der Waals surface area (Å²) in [6.45, 7) is 1.97. The molecule has 0 saturated carbocycles. The number of carbonyl (C=O) groups is 4. The third kappa shape index (κ3) is 2.72. The Morgan fingerprint density at radius 3 is 2.11 bits per heavy atom. The van der Waals surface area contributed by atoms with Gasteiger partial charge in [-0.1, -0.05) is 6.92 Å². The van der Waals surface area contributed by atoms with Gasteiger partial charge >= 0.3 is 23.8 Å². The minimum atomic E-state index is -0.988. The Bertz CT molecular complexity index is 450. The third-order valence-electron chi connectivity index (χ3n) is 2.40. The van der Waals surface area contributed by atoms with Gasteiger partial charge in [-0.25, -0.2) is 9.59 Å². The lowest BCUT2D eigenvalue weighted by Gasteiger charge is -2.16. The highest BCUT2D eigenvalue weighted by molar-refractivity contribution is 6.38. The Morgan fingerprint density at radius 1 is 1.16 bits per heavy atom. The third-order valence-corrected chi connectivity index (χ3v) is 2.40. The van der Waals surface area contributed by atoms with Gasteiger partial charge in [0.1, 0.15) is 5.82 Å². The lowest BCUT2D eigenvalue weighted by atomic mass is 10.2. The largest absolute Gasteiger partial charge is 0.465 e. The number of hydrogen-bond donors (Lipinski definition) is 1. The van der Waals surface area contributed by atoms with Gasteiger partial charge in [0.2, 0.25) is 0 Å². The SMILES string of the molecule is CCCN1C(=O)C(=O)NC1=C(C(=O)OC)C(=O)OC. The fraction of sp³-hybridized carbons (Fsp3) is 0.455. The van der Waals surface area contributed by atoms with Gasteiger partial charge in [0, 0.05) is 6.54 Å². The first-order chi connectivity index (χ1) is 8.97. The molecule has 0 aromatic rings. The zero-order valence-corrected chi connectivity index (χ0v) is 10.8. The second-order valence-electron chi connectivity index (χ2n) is 3.62. The summed E-state index contributed by atoms with van der Waals surface area (Å²) in [5.74, 6) is -3.91. The Morgan fingerprint density at radius 2 is 1.68 bits per heavy atom. The quantitative estimate of drug-likeness (QED) is 0.229. The highest BCUT2D eigenvalue weighted by Gasteiger charge is 2.39. The van der Waals surface area contributed by atoms with Gasteiger partial charge in [-0.2, -0.15) is 0 Å². The van der Waals surface area contributed by atoms with Crippen molar-refractivity contribution >= 4 is 23.8 Å². The second kappa shape index (κ2) is 5.98. The van der Waals surface area contributed by atoms with E-state index < -0.39 is 29.3 Å². The van der Waals surface area contributed by atoms with Crippen LogP contribution in [0.1, 0.15) is 13.3 Å². The number of amides is 2. The van der Waals surface area contributed by atoms with E-state index in [2.05, 4.69) is 14.8 Å². The van der Waals surface area contributed by atoms with Crippen molar-refractivity contribution in [3.63, 3.8) is 0 Å². The second-order valence-corrected chi connectivity index (χ2v) is 3.62. The van der Waals surface area contributed by atoms with E-state index in [-0.39, 0.29) is 12.4 Å². The van der Waals surface area contributed by atoms with Crippen molar-refractivity contribution in [1.82, 2.24) is 10.2 Å². The van der Waals surface area contributed by atoms with E-state index >= 15 is 0 Å². The molecule has 1 fully saturated rings. The van der Waals surface area contributed by atoms with E-state index in [1.165, 1.54) is 0 Å². The lowest BCUT2D eigenvalue weighted by molar-refractivity contribution is -0.144. The summed E-state index contributed by atoms with van der Waals surface area (Å²) in [7, 11) is 2.16. The fourth-order valence-electron chi connectivity index (χ4n) is 1.57. The summed E-state index contributed by atoms with van der Waals surface area (Å²) >= 11 is 0. The predicted octanol–water partition coefficient (Wildman–Crippen LogP) is -1.09. The van der Waals surface area contributed by atoms with E-state index in [0.717, 1.165) is 19.1 Å². The molecule has 1 heterocycles. The summed E-state index contributed by atoms with van der Waals surface area (Å²) in [5, 5.41) is 2.18. The molecule has 1 aliphatic rings. The zero-order valence-electron chi connectivity index (χ0n) is 10.8. The van der Waals surface area contributed by atoms with Crippen LogP contribution < -0.4 is 5.32 Å². The van der Waals surface area contributed by atoms with Crippen molar-refractivity contribution in [1.29, 1.82) is 0 Å². The molecule has 8 nitrogen and oxygen atoms in total. The van der Waals surface area contributed by atoms with Crippen LogP contribution in [0.4, 0.5) is 0 Å². The van der Waals surface area contributed by atoms with Crippen molar-refractivity contribution in [3.05, 3.63) is 11.4 Å². The highest BCUT2D eigenvalue weighted by Crippen LogP contribution is 2.17. The zero-order chi connectivity index (χ0) is 14.6. The Labute approximate surface area is 109 Å². The van der Waals surface area contributed by atoms with E-state index in [0.29, 0.717) is 6.42 Å². The molecule has 8 heteroatoms. The van der Waals surface area contributed by atoms with Crippen molar-refractivity contribution in [2.24, 2.45) is 0 Å². The van der Waals surface area contributed by atoms with Crippen LogP contribution in [0.5, 0.6) is 0 Å². The van der Waals surface area contributed by atoms with Crippen LogP contribution in [-0.4, -0.2) is 49.4 Å². The molecule has 104 valence electrons. The van der Waals surface area contributed by atoms with Crippen LogP contribution in [0.2, 0.25) is 0 Å². The molecule has 1 rings (SSSR count). The van der Waals surface area contributed by atoms with E-state index in [1.807, 2.05) is 0 Å². The normalized spacial score (nSPS) is 14.3. The lowest BCUT2D eigenvalue weighted by Crippen LogP contribution is -2.31. The van der Waals surface area contributed by atoms with Gasteiger partial charge in [0.15, 0.2) is 5.57 Å². The van der Waals surface area contributed by atoms with E-state index in [9.17, 15) is 19.2 Å². The van der Waals surface area contributed by atoms with Gasteiger partial charge in [-0.3, -0.25) is 14.5 Å². The Kier molecular flexibility index (Phi) is 4.62. The van der Waals surface area contributed by atoms with Crippen molar-refractivity contribution in [3.8, 4) is 0 Å². The van der Waals surface area contributed by atoms with E-state index in [4.69, 9.17) is 0 Å². The molecule has 0 aromatic heterocycles. The molecule has 1 aliphatic heterocycles. The molecule has 2 amide bonds. The number of methoxy groups -OCH3 is 2. The molecule has 0 radical (unpaired) electrons. The van der Waals surface area contributed by atoms with Crippen LogP contribution in [0.15, 0.2) is 11.4 Å². The Balaban J connectivity index is 3.34. The average molecular weight is 270 g/mol. The van der Waals surface area contributed by atoms with E-state index in [1.54, 1.807) is 6.92 Å². The molecule has 1 N–H and O–H groups in total. The number of rotatable bonds is 4. The molecule has 0 aromatic carbocycles. The number of carbonyl (C=O) groups excluding carboxylic acids is 4. The smallest absolute Gasteiger partial charge is 0.349 e. The molecule has 1 saturated heterocycles. The molecule has 19 heavy (non-hydrogen) atoms. The van der Waals surface area contributed by atoms with Crippen molar-refractivity contribution in [2.75, 3.05) is 20.8 Å². The van der Waals surface area contributed by atoms with Crippen LogP contribution in [-0.2, 0) is 28.7 Å². The maximum atomic E-state index is 11.6. The van der Waals surface area contributed by atoms with Gasteiger partial charge in [0.05, 0.1) is 14.2 Å². The summed E-state index contributed by atoms with van der Waals surface area (Å²) in [5.41, 5.74) is -0.516. The van der Waals surface area contributed by atoms with Crippen LogP contribution in [0.25, 0.3) is 0 Å². The monoisotopic (exact) mass is 270 g/mol. The van der Waals surface area contributed by atoms with Crippen molar-refractivity contribution < 1.29 is 28.7 Å². The molecule has 0 spiro atoms. The Hall–Kier alpha value is -2.38. The highest BCUT2D eigenvalue weighted by atomic mass is 16.5. The van der Waals surface area contributed by atoms with Gasteiger partial charge in [-0.05, 0) is 6.42 Å². The number of ether oxygens (including phenoxy) is 2. The first kappa shape index (κ1) is 14.7. The standard InChI is InChI=1S/C11H14N2O6/c1-4-5-13-7(12-8(14)9(13)15)6(10(16)18-2)11(17)19-3/h4-5H2,1-3H3,(H,12,14). The summed E-state index contributed by atoms with van der Waals surface area (Å²) in [6, 6.07) is 0. The number of nitrogens with zero attached hydrogens (tertiary/aromatic N) is 1.